The summed E-state index contributed by atoms with van der Waals surface area (Å²) in [5, 5.41) is 29.0. The van der Waals surface area contributed by atoms with E-state index in [4.69, 9.17) is 10.5 Å². The zero-order chi connectivity index (χ0) is 21.8. The Morgan fingerprint density at radius 2 is 2.06 bits per heavy atom. The fraction of sp³-hybridized carbons (Fsp3) is 0.0526. The van der Waals surface area contributed by atoms with Gasteiger partial charge in [0.25, 0.3) is 5.91 Å². The van der Waals surface area contributed by atoms with Crippen LogP contribution in [0.1, 0.15) is 16.1 Å². The highest BCUT2D eigenvalue weighted by molar-refractivity contribution is 5.99. The molecule has 1 amide bonds. The van der Waals surface area contributed by atoms with Gasteiger partial charge in [-0.25, -0.2) is 10.1 Å². The van der Waals surface area contributed by atoms with Crippen LogP contribution in [0.15, 0.2) is 58.3 Å². The summed E-state index contributed by atoms with van der Waals surface area (Å²) in [4.78, 5) is 12.8. The van der Waals surface area contributed by atoms with E-state index in [9.17, 15) is 9.90 Å². The Bertz CT molecular complexity index is 1250. The van der Waals surface area contributed by atoms with Crippen LogP contribution in [0, 0.1) is 0 Å². The monoisotopic (exact) mass is 420 g/mol. The number of hydrogen-bond donors (Lipinski definition) is 3. The largest absolute Gasteiger partial charge is 0.507 e. The number of hydrazone groups is 1. The maximum absolute atomic E-state index is 12.8. The number of nitrogens with two attached hydrogens (primary N) is 1. The molecule has 0 fully saturated rings. The summed E-state index contributed by atoms with van der Waals surface area (Å²) in [7, 11) is 1.50. The molecule has 4 rings (SSSR count). The number of nitrogens with one attached hydrogen (secondary N) is 1. The molecule has 2 aromatic heterocycles. The molecule has 0 saturated carbocycles. The third-order valence-electron chi connectivity index (χ3n) is 4.23. The van der Waals surface area contributed by atoms with Gasteiger partial charge in [-0.3, -0.25) is 4.79 Å². The summed E-state index contributed by atoms with van der Waals surface area (Å²) in [6, 6.07) is 13.6. The fourth-order valence-corrected chi connectivity index (χ4v) is 2.75. The second kappa shape index (κ2) is 8.32. The molecule has 12 heteroatoms. The molecule has 12 nitrogen and oxygen atoms in total. The van der Waals surface area contributed by atoms with E-state index in [0.29, 0.717) is 22.6 Å². The van der Waals surface area contributed by atoms with E-state index in [-0.39, 0.29) is 23.1 Å². The van der Waals surface area contributed by atoms with Crippen molar-refractivity contribution in [3.63, 3.8) is 0 Å². The highest BCUT2D eigenvalue weighted by atomic mass is 16.6. The van der Waals surface area contributed by atoms with Gasteiger partial charge >= 0.3 is 0 Å². The number of hydrogen-bond acceptors (Lipinski definition) is 10. The molecule has 0 atom stereocenters. The van der Waals surface area contributed by atoms with E-state index in [1.54, 1.807) is 36.4 Å². The molecule has 0 bridgehead atoms. The number of nitrogen functional groups attached to an aromatic ring is 1. The summed E-state index contributed by atoms with van der Waals surface area (Å²) in [6.07, 6.45) is 1.28. The second-order valence-corrected chi connectivity index (χ2v) is 6.16. The first-order valence-electron chi connectivity index (χ1n) is 8.88. The molecule has 4 aromatic rings. The number of aromatic nitrogens is 5. The van der Waals surface area contributed by atoms with Crippen LogP contribution in [0.4, 0.5) is 5.82 Å². The van der Waals surface area contributed by atoms with Crippen LogP contribution in [-0.2, 0) is 0 Å². The Balaban J connectivity index is 1.66. The first-order valence-corrected chi connectivity index (χ1v) is 8.88. The normalized spacial score (nSPS) is 11.0. The van der Waals surface area contributed by atoms with Gasteiger partial charge in [-0.05, 0) is 28.5 Å². The molecule has 0 unspecified atom stereocenters. The smallest absolute Gasteiger partial charge is 0.294 e. The molecule has 0 saturated heterocycles. The van der Waals surface area contributed by atoms with Crippen LogP contribution in [0.5, 0.6) is 11.5 Å². The van der Waals surface area contributed by atoms with Crippen molar-refractivity contribution in [3.8, 4) is 28.6 Å². The molecule has 0 spiro atoms. The maximum atomic E-state index is 12.8. The van der Waals surface area contributed by atoms with E-state index >= 15 is 0 Å². The van der Waals surface area contributed by atoms with Crippen LogP contribution >= 0.6 is 0 Å². The number of aromatic hydroxyl groups is 1. The molecule has 31 heavy (non-hydrogen) atoms. The van der Waals surface area contributed by atoms with Gasteiger partial charge < -0.3 is 15.6 Å². The standard InChI is InChI=1S/C19H16N8O4/c1-30-13-7-8-14(28)12(9-13)10-21-23-19(29)15-16(11-5-3-2-4-6-11)27(26-22-15)18-17(20)24-31-25-18/h2-10,28H,1H3,(H2,20,24)(H,23,29). The van der Waals surface area contributed by atoms with E-state index in [1.807, 2.05) is 6.07 Å². The molecule has 0 aliphatic rings. The molecule has 156 valence electrons. The average Bonchev–Trinajstić information content (AvgIpc) is 3.41. The van der Waals surface area contributed by atoms with Gasteiger partial charge in [0.1, 0.15) is 17.2 Å². The van der Waals surface area contributed by atoms with Crippen molar-refractivity contribution in [1.29, 1.82) is 0 Å². The Hall–Kier alpha value is -4.74. The number of rotatable bonds is 6. The highest BCUT2D eigenvalue weighted by Crippen LogP contribution is 2.26. The van der Waals surface area contributed by atoms with Crippen molar-refractivity contribution in [3.05, 3.63) is 59.8 Å². The maximum Gasteiger partial charge on any atom is 0.294 e. The van der Waals surface area contributed by atoms with Gasteiger partial charge in [0.2, 0.25) is 11.6 Å². The number of amides is 1. The minimum atomic E-state index is -0.640. The zero-order valence-corrected chi connectivity index (χ0v) is 16.1. The summed E-state index contributed by atoms with van der Waals surface area (Å²) < 4.78 is 11.0. The number of carbonyl (C=O) groups excluding carboxylic acids is 1. The second-order valence-electron chi connectivity index (χ2n) is 6.16. The Morgan fingerprint density at radius 1 is 1.26 bits per heavy atom. The van der Waals surface area contributed by atoms with Crippen molar-refractivity contribution in [2.24, 2.45) is 5.10 Å². The zero-order valence-electron chi connectivity index (χ0n) is 16.1. The number of phenols is 1. The van der Waals surface area contributed by atoms with Gasteiger partial charge in [-0.15, -0.1) is 5.10 Å². The summed E-state index contributed by atoms with van der Waals surface area (Å²) >= 11 is 0. The lowest BCUT2D eigenvalue weighted by Crippen LogP contribution is -2.19. The topological polar surface area (TPSA) is 167 Å². The average molecular weight is 420 g/mol. The van der Waals surface area contributed by atoms with Crippen molar-refractivity contribution < 1.29 is 19.3 Å². The first-order chi connectivity index (χ1) is 15.1. The fourth-order valence-electron chi connectivity index (χ4n) is 2.75. The predicted molar refractivity (Wildman–Crippen MR) is 109 cm³/mol. The van der Waals surface area contributed by atoms with E-state index < -0.39 is 5.91 Å². The summed E-state index contributed by atoms with van der Waals surface area (Å²) in [5.41, 5.74) is 9.42. The number of methoxy groups -OCH3 is 1. The van der Waals surface area contributed by atoms with Crippen LogP contribution < -0.4 is 15.9 Å². The van der Waals surface area contributed by atoms with E-state index in [0.717, 1.165) is 0 Å². The molecule has 0 aliphatic heterocycles. The minimum Gasteiger partial charge on any atom is -0.507 e. The molecular weight excluding hydrogens is 404 g/mol. The van der Waals surface area contributed by atoms with Crippen LogP contribution in [0.2, 0.25) is 0 Å². The predicted octanol–water partition coefficient (Wildman–Crippen LogP) is 1.38. The van der Waals surface area contributed by atoms with E-state index in [1.165, 1.54) is 24.1 Å². The van der Waals surface area contributed by atoms with E-state index in [2.05, 4.69) is 35.8 Å². The third-order valence-corrected chi connectivity index (χ3v) is 4.23. The highest BCUT2D eigenvalue weighted by Gasteiger charge is 2.25. The summed E-state index contributed by atoms with van der Waals surface area (Å²) in [5.74, 6) is -0.0584. The number of phenolic OH excluding ortho intramolecular Hbond substituents is 1. The quantitative estimate of drug-likeness (QED) is 0.308. The number of anilines is 1. The Kier molecular flexibility index (Phi) is 5.26. The van der Waals surface area contributed by atoms with Gasteiger partial charge in [-0.1, -0.05) is 35.5 Å². The number of ether oxygens (including phenoxy) is 1. The molecular formula is C19H16N8O4. The van der Waals surface area contributed by atoms with Crippen LogP contribution in [0.3, 0.4) is 0 Å². The Morgan fingerprint density at radius 3 is 2.77 bits per heavy atom. The molecule has 0 radical (unpaired) electrons. The van der Waals surface area contributed by atoms with Gasteiger partial charge in [0.05, 0.1) is 13.3 Å². The van der Waals surface area contributed by atoms with Gasteiger partial charge in [0, 0.05) is 11.1 Å². The van der Waals surface area contributed by atoms with Crippen molar-refractivity contribution in [2.45, 2.75) is 0 Å². The number of carbonyl (C=O) groups is 1. The van der Waals surface area contributed by atoms with Crippen molar-refractivity contribution >= 4 is 17.9 Å². The molecule has 2 heterocycles. The van der Waals surface area contributed by atoms with Gasteiger partial charge in [-0.2, -0.15) is 9.78 Å². The Labute approximate surface area is 174 Å². The number of nitrogens with zero attached hydrogens (tertiary/aromatic N) is 6. The molecule has 4 N–H and O–H groups in total. The van der Waals surface area contributed by atoms with Gasteiger partial charge in [0.15, 0.2) is 5.69 Å². The number of benzene rings is 2. The lowest BCUT2D eigenvalue weighted by atomic mass is 10.1. The molecule has 2 aromatic carbocycles. The van der Waals surface area contributed by atoms with Crippen LogP contribution in [-0.4, -0.2) is 49.6 Å². The van der Waals surface area contributed by atoms with Crippen molar-refractivity contribution in [2.75, 3.05) is 12.8 Å². The van der Waals surface area contributed by atoms with Crippen molar-refractivity contribution in [1.82, 2.24) is 30.7 Å². The summed E-state index contributed by atoms with van der Waals surface area (Å²) in [6.45, 7) is 0. The molecule has 0 aliphatic carbocycles. The first kappa shape index (κ1) is 19.6. The lowest BCUT2D eigenvalue weighted by Gasteiger charge is -2.05. The minimum absolute atomic E-state index is 0.0134. The SMILES string of the molecule is COc1ccc(O)c(C=NNC(=O)c2nnn(-c3nonc3N)c2-c2ccccc2)c1. The third kappa shape index (κ3) is 3.89. The van der Waals surface area contributed by atoms with Crippen LogP contribution in [0.25, 0.3) is 17.1 Å². The lowest BCUT2D eigenvalue weighted by molar-refractivity contribution is 0.0950.